The molecule has 0 aliphatic heterocycles. The molecule has 6 heteroatoms. The lowest BCUT2D eigenvalue weighted by Gasteiger charge is -2.05. The van der Waals surface area contributed by atoms with Crippen LogP contribution in [0.25, 0.3) is 28.4 Å². The molecule has 0 amide bonds. The Hall–Kier alpha value is -3.28. The predicted molar refractivity (Wildman–Crippen MR) is 89.6 cm³/mol. The summed E-state index contributed by atoms with van der Waals surface area (Å²) in [5.74, 6) is 1.24. The largest absolute Gasteiger partial charge is 0.356 e. The highest BCUT2D eigenvalue weighted by atomic mass is 16.5. The Morgan fingerprint density at radius 3 is 2.25 bits per heavy atom. The van der Waals surface area contributed by atoms with Gasteiger partial charge in [0.2, 0.25) is 0 Å². The average Bonchev–Trinajstić information content (AvgIpc) is 3.25. The summed E-state index contributed by atoms with van der Waals surface area (Å²) in [7, 11) is 0. The second kappa shape index (κ2) is 5.73. The molecule has 0 saturated heterocycles. The molecule has 2 aromatic carbocycles. The second-order valence-electron chi connectivity index (χ2n) is 5.68. The van der Waals surface area contributed by atoms with Crippen molar-refractivity contribution in [3.05, 3.63) is 65.9 Å². The van der Waals surface area contributed by atoms with Gasteiger partial charge >= 0.3 is 0 Å². The zero-order valence-electron chi connectivity index (χ0n) is 13.3. The van der Waals surface area contributed by atoms with Crippen LogP contribution in [0.2, 0.25) is 0 Å². The quantitative estimate of drug-likeness (QED) is 0.577. The smallest absolute Gasteiger partial charge is 0.192 e. The van der Waals surface area contributed by atoms with Gasteiger partial charge < -0.3 is 4.52 Å². The number of tetrazole rings is 1. The molecule has 2 heterocycles. The summed E-state index contributed by atoms with van der Waals surface area (Å²) in [6, 6.07) is 16.1. The summed E-state index contributed by atoms with van der Waals surface area (Å²) in [6.07, 6.45) is 1.64. The SMILES string of the molecule is Cc1ccc(-c2oncc2-c2nnnn2-c2ccc(C)cc2)cc1. The van der Waals surface area contributed by atoms with E-state index >= 15 is 0 Å². The van der Waals surface area contributed by atoms with Gasteiger partial charge in [-0.25, -0.2) is 0 Å². The van der Waals surface area contributed by atoms with E-state index in [4.69, 9.17) is 4.52 Å². The minimum atomic E-state index is 0.593. The summed E-state index contributed by atoms with van der Waals surface area (Å²) in [4.78, 5) is 0. The summed E-state index contributed by atoms with van der Waals surface area (Å²) in [6.45, 7) is 4.09. The first-order valence-corrected chi connectivity index (χ1v) is 7.60. The van der Waals surface area contributed by atoms with Crippen LogP contribution in [0.5, 0.6) is 0 Å². The summed E-state index contributed by atoms with van der Waals surface area (Å²) in [5.41, 5.74) is 4.94. The number of aryl methyl sites for hydroxylation is 2. The van der Waals surface area contributed by atoms with Crippen LogP contribution in [0.4, 0.5) is 0 Å². The minimum absolute atomic E-state index is 0.593. The van der Waals surface area contributed by atoms with Gasteiger partial charge in [-0.05, 0) is 36.4 Å². The number of aromatic nitrogens is 5. The van der Waals surface area contributed by atoms with Gasteiger partial charge in [0.25, 0.3) is 0 Å². The molecule has 0 aliphatic rings. The van der Waals surface area contributed by atoms with E-state index < -0.39 is 0 Å². The van der Waals surface area contributed by atoms with E-state index in [1.54, 1.807) is 10.9 Å². The van der Waals surface area contributed by atoms with Crippen molar-refractivity contribution in [2.75, 3.05) is 0 Å². The van der Waals surface area contributed by atoms with Crippen molar-refractivity contribution in [3.8, 4) is 28.4 Å². The first-order valence-electron chi connectivity index (χ1n) is 7.60. The van der Waals surface area contributed by atoms with Gasteiger partial charge in [0.15, 0.2) is 11.6 Å². The van der Waals surface area contributed by atoms with Gasteiger partial charge in [0, 0.05) is 5.56 Å². The Morgan fingerprint density at radius 2 is 1.54 bits per heavy atom. The Labute approximate surface area is 138 Å². The monoisotopic (exact) mass is 317 g/mol. The van der Waals surface area contributed by atoms with Crippen molar-refractivity contribution < 1.29 is 4.52 Å². The zero-order valence-corrected chi connectivity index (χ0v) is 13.3. The maximum absolute atomic E-state index is 5.47. The lowest BCUT2D eigenvalue weighted by Crippen LogP contribution is -2.00. The van der Waals surface area contributed by atoms with Crippen LogP contribution in [-0.2, 0) is 0 Å². The molecule has 0 fully saturated rings. The summed E-state index contributed by atoms with van der Waals surface area (Å²) >= 11 is 0. The van der Waals surface area contributed by atoms with Crippen LogP contribution in [0, 0.1) is 13.8 Å². The van der Waals surface area contributed by atoms with Crippen molar-refractivity contribution in [2.45, 2.75) is 13.8 Å². The van der Waals surface area contributed by atoms with Crippen LogP contribution >= 0.6 is 0 Å². The maximum atomic E-state index is 5.47. The van der Waals surface area contributed by atoms with E-state index in [2.05, 4.69) is 20.7 Å². The fourth-order valence-corrected chi connectivity index (χ4v) is 2.53. The van der Waals surface area contributed by atoms with Gasteiger partial charge in [-0.1, -0.05) is 52.7 Å². The number of rotatable bonds is 3. The fraction of sp³-hybridized carbons (Fsp3) is 0.111. The van der Waals surface area contributed by atoms with Crippen molar-refractivity contribution in [2.24, 2.45) is 0 Å². The van der Waals surface area contributed by atoms with Crippen molar-refractivity contribution in [1.29, 1.82) is 0 Å². The Bertz CT molecular complexity index is 886. The normalized spacial score (nSPS) is 10.9. The molecule has 0 radical (unpaired) electrons. The number of hydrogen-bond donors (Lipinski definition) is 0. The number of nitrogens with zero attached hydrogens (tertiary/aromatic N) is 5. The van der Waals surface area contributed by atoms with Crippen LogP contribution in [0.3, 0.4) is 0 Å². The highest BCUT2D eigenvalue weighted by Gasteiger charge is 2.19. The van der Waals surface area contributed by atoms with Gasteiger partial charge in [-0.15, -0.1) is 5.10 Å². The molecule has 118 valence electrons. The van der Waals surface area contributed by atoms with Gasteiger partial charge in [-0.2, -0.15) is 4.68 Å². The molecule has 0 unspecified atom stereocenters. The van der Waals surface area contributed by atoms with E-state index in [0.717, 1.165) is 16.8 Å². The molecule has 0 saturated carbocycles. The highest BCUT2D eigenvalue weighted by Crippen LogP contribution is 2.31. The molecule has 0 bridgehead atoms. The molecular formula is C18H15N5O. The molecule has 0 atom stereocenters. The second-order valence-corrected chi connectivity index (χ2v) is 5.68. The summed E-state index contributed by atoms with van der Waals surface area (Å²) in [5, 5.41) is 16.0. The van der Waals surface area contributed by atoms with Crippen LogP contribution in [0.15, 0.2) is 59.3 Å². The van der Waals surface area contributed by atoms with Gasteiger partial charge in [-0.3, -0.25) is 0 Å². The van der Waals surface area contributed by atoms with Crippen LogP contribution < -0.4 is 0 Å². The first kappa shape index (κ1) is 14.3. The summed E-state index contributed by atoms with van der Waals surface area (Å²) < 4.78 is 7.15. The standard InChI is InChI=1S/C18H15N5O/c1-12-3-7-14(8-4-12)17-16(11-19-24-17)18-20-21-22-23(18)15-9-5-13(2)6-10-15/h3-11H,1-2H3. The minimum Gasteiger partial charge on any atom is -0.356 e. The number of hydrogen-bond acceptors (Lipinski definition) is 5. The molecule has 0 spiro atoms. The zero-order chi connectivity index (χ0) is 16.5. The molecule has 2 aromatic heterocycles. The van der Waals surface area contributed by atoms with Crippen LogP contribution in [0.1, 0.15) is 11.1 Å². The lowest BCUT2D eigenvalue weighted by atomic mass is 10.1. The Balaban J connectivity index is 1.82. The van der Waals surface area contributed by atoms with Gasteiger partial charge in [0.05, 0.1) is 17.4 Å². The molecular weight excluding hydrogens is 302 g/mol. The maximum Gasteiger partial charge on any atom is 0.192 e. The third-order valence-electron chi connectivity index (χ3n) is 3.87. The third-order valence-corrected chi connectivity index (χ3v) is 3.87. The molecule has 6 nitrogen and oxygen atoms in total. The van der Waals surface area contributed by atoms with E-state index in [-0.39, 0.29) is 0 Å². The lowest BCUT2D eigenvalue weighted by molar-refractivity contribution is 0.432. The van der Waals surface area contributed by atoms with Crippen molar-refractivity contribution in [1.82, 2.24) is 25.4 Å². The molecule has 4 rings (SSSR count). The number of benzene rings is 2. The van der Waals surface area contributed by atoms with E-state index in [9.17, 15) is 0 Å². The highest BCUT2D eigenvalue weighted by molar-refractivity contribution is 5.76. The molecule has 4 aromatic rings. The third kappa shape index (κ3) is 2.48. The topological polar surface area (TPSA) is 69.6 Å². The average molecular weight is 317 g/mol. The molecule has 0 aliphatic carbocycles. The predicted octanol–water partition coefficient (Wildman–Crippen LogP) is 3.60. The van der Waals surface area contributed by atoms with E-state index in [1.165, 1.54) is 11.1 Å². The molecule has 24 heavy (non-hydrogen) atoms. The Kier molecular flexibility index (Phi) is 3.42. The molecule has 0 N–H and O–H groups in total. The van der Waals surface area contributed by atoms with E-state index in [1.807, 2.05) is 62.4 Å². The van der Waals surface area contributed by atoms with E-state index in [0.29, 0.717) is 11.6 Å². The fourth-order valence-electron chi connectivity index (χ4n) is 2.53. The van der Waals surface area contributed by atoms with Crippen molar-refractivity contribution >= 4 is 0 Å². The Morgan fingerprint density at radius 1 is 0.875 bits per heavy atom. The van der Waals surface area contributed by atoms with Crippen molar-refractivity contribution in [3.63, 3.8) is 0 Å². The first-order chi connectivity index (χ1) is 11.7. The van der Waals surface area contributed by atoms with Crippen LogP contribution in [-0.4, -0.2) is 25.4 Å². The van der Waals surface area contributed by atoms with Gasteiger partial charge in [0.1, 0.15) is 0 Å².